The summed E-state index contributed by atoms with van der Waals surface area (Å²) in [5.74, 6) is 0.406. The highest BCUT2D eigenvalue weighted by atomic mass is 32.3. The average molecular weight is 289 g/mol. The van der Waals surface area contributed by atoms with Crippen molar-refractivity contribution < 1.29 is 16.8 Å². The molecule has 0 amide bonds. The van der Waals surface area contributed by atoms with Crippen LogP contribution in [0.15, 0.2) is 60.8 Å². The summed E-state index contributed by atoms with van der Waals surface area (Å²) in [6, 6.07) is 15.4. The number of hydrogen-bond acceptors (Lipinski definition) is 4. The molecule has 0 fully saturated rings. The molecule has 0 aliphatic carbocycles. The molecule has 1 N–H and O–H groups in total. The Morgan fingerprint density at radius 2 is 1.55 bits per heavy atom. The monoisotopic (exact) mass is 289 g/mol. The van der Waals surface area contributed by atoms with Crippen LogP contribution in [0, 0.1) is 0 Å². The molecule has 1 aromatic heterocycles. The Balaban J connectivity index is 1.86. The van der Waals surface area contributed by atoms with Crippen molar-refractivity contribution in [1.29, 1.82) is 0 Å². The maximum absolute atomic E-state index is 11.9. The molecule has 5 nitrogen and oxygen atoms in total. The Morgan fingerprint density at radius 3 is 2.35 bits per heavy atom. The standard InChI is InChI=1S/C14H11NO4S/c16-20(17,18-11-6-2-1-3-7-11)19-14-10-15-13-9-5-4-8-12(13)14/h1-10,15H. The number of fused-ring (bicyclic) bond motifs is 1. The number of H-pyrrole nitrogens is 1. The molecule has 0 saturated heterocycles. The summed E-state index contributed by atoms with van der Waals surface area (Å²) in [6.07, 6.45) is 1.48. The van der Waals surface area contributed by atoms with Crippen LogP contribution < -0.4 is 8.37 Å². The largest absolute Gasteiger partial charge is 0.501 e. The van der Waals surface area contributed by atoms with E-state index in [1.54, 1.807) is 30.3 Å². The minimum absolute atomic E-state index is 0.201. The number of aromatic amines is 1. The Labute approximate surface area is 116 Å². The van der Waals surface area contributed by atoms with Gasteiger partial charge in [0.25, 0.3) is 0 Å². The van der Waals surface area contributed by atoms with Gasteiger partial charge in [-0.1, -0.05) is 30.3 Å². The summed E-state index contributed by atoms with van der Waals surface area (Å²) >= 11 is 0. The van der Waals surface area contributed by atoms with Crippen molar-refractivity contribution in [2.24, 2.45) is 0 Å². The zero-order valence-electron chi connectivity index (χ0n) is 10.3. The van der Waals surface area contributed by atoms with Gasteiger partial charge in [-0.25, -0.2) is 0 Å². The molecule has 0 radical (unpaired) electrons. The second-order valence-corrected chi connectivity index (χ2v) is 5.24. The van der Waals surface area contributed by atoms with Crippen molar-refractivity contribution in [2.75, 3.05) is 0 Å². The topological polar surface area (TPSA) is 68.4 Å². The molecular weight excluding hydrogens is 278 g/mol. The zero-order chi connectivity index (χ0) is 14.0. The average Bonchev–Trinajstić information content (AvgIpc) is 2.82. The van der Waals surface area contributed by atoms with E-state index in [0.29, 0.717) is 5.39 Å². The Bertz CT molecular complexity index is 825. The smallest absolute Gasteiger partial charge is 0.358 e. The van der Waals surface area contributed by atoms with E-state index in [1.165, 1.54) is 18.3 Å². The molecule has 3 aromatic rings. The van der Waals surface area contributed by atoms with Gasteiger partial charge in [0.1, 0.15) is 5.75 Å². The third kappa shape index (κ3) is 2.60. The van der Waals surface area contributed by atoms with Crippen molar-refractivity contribution in [3.8, 4) is 11.5 Å². The van der Waals surface area contributed by atoms with Crippen LogP contribution in [0.4, 0.5) is 0 Å². The van der Waals surface area contributed by atoms with Crippen LogP contribution >= 0.6 is 0 Å². The fourth-order valence-electron chi connectivity index (χ4n) is 1.83. The maximum atomic E-state index is 11.9. The molecule has 102 valence electrons. The first-order valence-corrected chi connectivity index (χ1v) is 7.22. The van der Waals surface area contributed by atoms with Crippen molar-refractivity contribution in [3.05, 3.63) is 60.8 Å². The van der Waals surface area contributed by atoms with Gasteiger partial charge >= 0.3 is 10.4 Å². The molecular formula is C14H11NO4S. The van der Waals surface area contributed by atoms with Crippen molar-refractivity contribution in [2.45, 2.75) is 0 Å². The van der Waals surface area contributed by atoms with Crippen molar-refractivity contribution >= 4 is 21.3 Å². The summed E-state index contributed by atoms with van der Waals surface area (Å²) in [7, 11) is -4.17. The van der Waals surface area contributed by atoms with Gasteiger partial charge in [0.05, 0.1) is 0 Å². The molecule has 0 aliphatic rings. The second kappa shape index (κ2) is 4.90. The normalized spacial score (nSPS) is 11.4. The van der Waals surface area contributed by atoms with E-state index >= 15 is 0 Å². The van der Waals surface area contributed by atoms with Gasteiger partial charge in [-0.15, -0.1) is 8.42 Å². The Morgan fingerprint density at radius 1 is 0.850 bits per heavy atom. The summed E-state index contributed by atoms with van der Waals surface area (Å²) in [4.78, 5) is 2.93. The molecule has 0 spiro atoms. The lowest BCUT2D eigenvalue weighted by molar-refractivity contribution is 0.394. The fourth-order valence-corrected chi connectivity index (χ4v) is 2.57. The maximum Gasteiger partial charge on any atom is 0.501 e. The predicted octanol–water partition coefficient (Wildman–Crippen LogP) is 2.87. The molecule has 20 heavy (non-hydrogen) atoms. The van der Waals surface area contributed by atoms with Crippen LogP contribution in [0.2, 0.25) is 0 Å². The quantitative estimate of drug-likeness (QED) is 0.802. The lowest BCUT2D eigenvalue weighted by atomic mass is 10.2. The molecule has 0 unspecified atom stereocenters. The number of nitrogens with one attached hydrogen (secondary N) is 1. The number of rotatable bonds is 4. The first-order valence-electron chi connectivity index (χ1n) is 5.89. The third-order valence-corrected chi connectivity index (χ3v) is 3.46. The molecule has 0 aliphatic heterocycles. The minimum atomic E-state index is -4.17. The molecule has 0 saturated carbocycles. The van der Waals surface area contributed by atoms with E-state index in [4.69, 9.17) is 8.37 Å². The highest BCUT2D eigenvalue weighted by Gasteiger charge is 2.18. The van der Waals surface area contributed by atoms with Gasteiger partial charge in [0.15, 0.2) is 5.75 Å². The summed E-state index contributed by atoms with van der Waals surface area (Å²) < 4.78 is 33.5. The lowest BCUT2D eigenvalue weighted by Crippen LogP contribution is -2.16. The first-order chi connectivity index (χ1) is 9.64. The summed E-state index contributed by atoms with van der Waals surface area (Å²) in [5.41, 5.74) is 0.789. The summed E-state index contributed by atoms with van der Waals surface area (Å²) in [6.45, 7) is 0. The van der Waals surface area contributed by atoms with Gasteiger partial charge in [-0.05, 0) is 24.3 Å². The van der Waals surface area contributed by atoms with Crippen molar-refractivity contribution in [1.82, 2.24) is 4.98 Å². The van der Waals surface area contributed by atoms with Crippen LogP contribution in [-0.4, -0.2) is 13.4 Å². The first kappa shape index (κ1) is 12.6. The Kier molecular flexibility index (Phi) is 3.08. The van der Waals surface area contributed by atoms with Crippen LogP contribution in [-0.2, 0) is 10.4 Å². The number of para-hydroxylation sites is 2. The molecule has 6 heteroatoms. The lowest BCUT2D eigenvalue weighted by Gasteiger charge is -2.06. The molecule has 0 atom stereocenters. The van der Waals surface area contributed by atoms with Gasteiger partial charge in [0.2, 0.25) is 0 Å². The van der Waals surface area contributed by atoms with Crippen LogP contribution in [0.5, 0.6) is 11.5 Å². The molecule has 3 rings (SSSR count). The van der Waals surface area contributed by atoms with Crippen LogP contribution in [0.3, 0.4) is 0 Å². The van der Waals surface area contributed by atoms with Crippen LogP contribution in [0.25, 0.3) is 10.9 Å². The summed E-state index contributed by atoms with van der Waals surface area (Å²) in [5, 5.41) is 0.674. The van der Waals surface area contributed by atoms with Gasteiger partial charge < -0.3 is 13.4 Å². The van der Waals surface area contributed by atoms with E-state index in [9.17, 15) is 8.42 Å². The fraction of sp³-hybridized carbons (Fsp3) is 0. The zero-order valence-corrected chi connectivity index (χ0v) is 11.1. The highest BCUT2D eigenvalue weighted by Crippen LogP contribution is 2.26. The Hall–Kier alpha value is -2.47. The highest BCUT2D eigenvalue weighted by molar-refractivity contribution is 7.82. The minimum Gasteiger partial charge on any atom is -0.358 e. The van der Waals surface area contributed by atoms with Gasteiger partial charge in [0, 0.05) is 17.1 Å². The van der Waals surface area contributed by atoms with Gasteiger partial charge in [-0.2, -0.15) is 0 Å². The molecule has 1 heterocycles. The number of aromatic nitrogens is 1. The van der Waals surface area contributed by atoms with Crippen LogP contribution in [0.1, 0.15) is 0 Å². The molecule has 0 bridgehead atoms. The predicted molar refractivity (Wildman–Crippen MR) is 74.9 cm³/mol. The molecule has 2 aromatic carbocycles. The van der Waals surface area contributed by atoms with E-state index in [1.807, 2.05) is 12.1 Å². The number of hydrogen-bond donors (Lipinski definition) is 1. The second-order valence-electron chi connectivity index (χ2n) is 4.09. The van der Waals surface area contributed by atoms with E-state index in [2.05, 4.69) is 4.98 Å². The van der Waals surface area contributed by atoms with Gasteiger partial charge in [-0.3, -0.25) is 0 Å². The third-order valence-electron chi connectivity index (χ3n) is 2.68. The van der Waals surface area contributed by atoms with Crippen molar-refractivity contribution in [3.63, 3.8) is 0 Å². The number of benzene rings is 2. The van der Waals surface area contributed by atoms with E-state index in [-0.39, 0.29) is 11.5 Å². The van der Waals surface area contributed by atoms with E-state index < -0.39 is 10.4 Å². The van der Waals surface area contributed by atoms with E-state index in [0.717, 1.165) is 5.52 Å². The SMILES string of the molecule is O=S(=O)(Oc1ccccc1)Oc1c[nH]c2ccccc12.